The smallest absolute Gasteiger partial charge is 0.163 e. The summed E-state index contributed by atoms with van der Waals surface area (Å²) in [5, 5.41) is 0. The number of nitrogens with two attached hydrogens (primary N) is 1. The van der Waals surface area contributed by atoms with Gasteiger partial charge in [0.1, 0.15) is 0 Å². The van der Waals surface area contributed by atoms with Crippen LogP contribution in [0.25, 0.3) is 0 Å². The molecule has 0 aromatic heterocycles. The van der Waals surface area contributed by atoms with Crippen molar-refractivity contribution in [3.8, 4) is 0 Å². The van der Waals surface area contributed by atoms with Gasteiger partial charge in [0.05, 0.1) is 12.1 Å². The molecule has 0 aliphatic carbocycles. The highest BCUT2D eigenvalue weighted by Gasteiger charge is 2.27. The van der Waals surface area contributed by atoms with Crippen molar-refractivity contribution in [2.75, 3.05) is 6.61 Å². The molecule has 2 rings (SSSR count). The fourth-order valence-electron chi connectivity index (χ4n) is 2.00. The van der Waals surface area contributed by atoms with Crippen molar-refractivity contribution >= 4 is 0 Å². The normalized spacial score (nSPS) is 22.4. The quantitative estimate of drug-likeness (QED) is 0.842. The molecule has 1 aliphatic heterocycles. The molecule has 0 bridgehead atoms. The van der Waals surface area contributed by atoms with Gasteiger partial charge in [0, 0.05) is 12.2 Å². The molecule has 1 aliphatic rings. The summed E-state index contributed by atoms with van der Waals surface area (Å²) in [6.45, 7) is 2.17. The summed E-state index contributed by atoms with van der Waals surface area (Å²) in [4.78, 5) is 0. The van der Waals surface area contributed by atoms with Gasteiger partial charge in [0.25, 0.3) is 0 Å². The summed E-state index contributed by atoms with van der Waals surface area (Å²) in [5.74, 6) is -1.66. The van der Waals surface area contributed by atoms with Crippen LogP contribution in [-0.4, -0.2) is 12.7 Å². The van der Waals surface area contributed by atoms with E-state index in [1.165, 1.54) is 6.92 Å². The van der Waals surface area contributed by atoms with E-state index in [0.29, 0.717) is 12.2 Å². The molecule has 16 heavy (non-hydrogen) atoms. The lowest BCUT2D eigenvalue weighted by Gasteiger charge is -2.19. The van der Waals surface area contributed by atoms with Crippen LogP contribution in [0.4, 0.5) is 8.78 Å². The molecular weight excluding hydrogens is 212 g/mol. The standard InChI is InChI=1S/C12H15F2NO/c1-7-4-5-8(11(14)10(7)13)12(15)9-3-2-6-16-9/h4-5,9,12H,2-3,6,15H2,1H3. The highest BCUT2D eigenvalue weighted by atomic mass is 19.2. The first-order valence-corrected chi connectivity index (χ1v) is 5.43. The highest BCUT2D eigenvalue weighted by molar-refractivity contribution is 5.28. The van der Waals surface area contributed by atoms with Crippen LogP contribution in [0.5, 0.6) is 0 Å². The Morgan fingerprint density at radius 1 is 1.38 bits per heavy atom. The number of hydrogen-bond donors (Lipinski definition) is 1. The van der Waals surface area contributed by atoms with Crippen molar-refractivity contribution in [3.05, 3.63) is 34.9 Å². The Morgan fingerprint density at radius 2 is 2.12 bits per heavy atom. The average molecular weight is 227 g/mol. The molecule has 1 saturated heterocycles. The van der Waals surface area contributed by atoms with E-state index >= 15 is 0 Å². The second kappa shape index (κ2) is 4.47. The molecule has 2 unspecified atom stereocenters. The zero-order valence-electron chi connectivity index (χ0n) is 9.17. The maximum Gasteiger partial charge on any atom is 0.163 e. The Hall–Kier alpha value is -1.00. The van der Waals surface area contributed by atoms with Crippen LogP contribution in [0, 0.1) is 18.6 Å². The van der Waals surface area contributed by atoms with Gasteiger partial charge >= 0.3 is 0 Å². The first-order chi connectivity index (χ1) is 7.61. The van der Waals surface area contributed by atoms with Crippen molar-refractivity contribution in [1.82, 2.24) is 0 Å². The van der Waals surface area contributed by atoms with Gasteiger partial charge in [-0.2, -0.15) is 0 Å². The summed E-state index contributed by atoms with van der Waals surface area (Å²) in [6, 6.07) is 2.50. The zero-order valence-corrected chi connectivity index (χ0v) is 9.17. The van der Waals surface area contributed by atoms with E-state index in [0.717, 1.165) is 12.8 Å². The lowest BCUT2D eigenvalue weighted by Crippen LogP contribution is -2.26. The van der Waals surface area contributed by atoms with Crippen molar-refractivity contribution in [1.29, 1.82) is 0 Å². The third-order valence-electron chi connectivity index (χ3n) is 3.03. The minimum Gasteiger partial charge on any atom is -0.376 e. The number of benzene rings is 1. The fraction of sp³-hybridized carbons (Fsp3) is 0.500. The summed E-state index contributed by atoms with van der Waals surface area (Å²) >= 11 is 0. The van der Waals surface area contributed by atoms with Gasteiger partial charge in [-0.15, -0.1) is 0 Å². The van der Waals surface area contributed by atoms with Gasteiger partial charge in [0.15, 0.2) is 11.6 Å². The Morgan fingerprint density at radius 3 is 2.75 bits per heavy atom. The maximum atomic E-state index is 13.7. The monoisotopic (exact) mass is 227 g/mol. The number of rotatable bonds is 2. The van der Waals surface area contributed by atoms with E-state index in [-0.39, 0.29) is 11.7 Å². The summed E-state index contributed by atoms with van der Waals surface area (Å²) < 4.78 is 32.4. The minimum atomic E-state index is -0.844. The van der Waals surface area contributed by atoms with Crippen LogP contribution in [-0.2, 0) is 4.74 Å². The Kier molecular flexibility index (Phi) is 3.21. The van der Waals surface area contributed by atoms with E-state index in [4.69, 9.17) is 10.5 Å². The van der Waals surface area contributed by atoms with Crippen molar-refractivity contribution in [2.24, 2.45) is 5.73 Å². The first-order valence-electron chi connectivity index (χ1n) is 5.43. The summed E-state index contributed by atoms with van der Waals surface area (Å²) in [7, 11) is 0. The molecule has 0 amide bonds. The molecule has 4 heteroatoms. The van der Waals surface area contributed by atoms with Gasteiger partial charge in [-0.25, -0.2) is 8.78 Å². The average Bonchev–Trinajstić information content (AvgIpc) is 2.79. The molecule has 2 atom stereocenters. The highest BCUT2D eigenvalue weighted by Crippen LogP contribution is 2.28. The topological polar surface area (TPSA) is 35.2 Å². The third-order valence-corrected chi connectivity index (χ3v) is 3.03. The molecular formula is C12H15F2NO. The van der Waals surface area contributed by atoms with Crippen molar-refractivity contribution in [3.63, 3.8) is 0 Å². The minimum absolute atomic E-state index is 0.198. The van der Waals surface area contributed by atoms with Gasteiger partial charge in [-0.1, -0.05) is 12.1 Å². The van der Waals surface area contributed by atoms with Crippen LogP contribution >= 0.6 is 0 Å². The van der Waals surface area contributed by atoms with Gasteiger partial charge in [0.2, 0.25) is 0 Å². The van der Waals surface area contributed by atoms with E-state index in [1.807, 2.05) is 0 Å². The third kappa shape index (κ3) is 1.95. The van der Waals surface area contributed by atoms with E-state index in [2.05, 4.69) is 0 Å². The molecule has 1 aromatic carbocycles. The molecule has 0 saturated carbocycles. The maximum absolute atomic E-state index is 13.7. The number of hydrogen-bond acceptors (Lipinski definition) is 2. The Bertz CT molecular complexity index is 389. The van der Waals surface area contributed by atoms with Crippen LogP contribution < -0.4 is 5.73 Å². The fourth-order valence-corrected chi connectivity index (χ4v) is 2.00. The molecule has 2 N–H and O–H groups in total. The van der Waals surface area contributed by atoms with Crippen LogP contribution in [0.2, 0.25) is 0 Å². The predicted octanol–water partition coefficient (Wildman–Crippen LogP) is 2.45. The predicted molar refractivity (Wildman–Crippen MR) is 57.0 cm³/mol. The number of aryl methyl sites for hydroxylation is 1. The Labute approximate surface area is 93.4 Å². The van der Waals surface area contributed by atoms with Crippen molar-refractivity contribution < 1.29 is 13.5 Å². The lowest BCUT2D eigenvalue weighted by molar-refractivity contribution is 0.0888. The summed E-state index contributed by atoms with van der Waals surface area (Å²) in [6.07, 6.45) is 1.53. The molecule has 88 valence electrons. The summed E-state index contributed by atoms with van der Waals surface area (Å²) in [5.41, 5.74) is 6.38. The molecule has 2 nitrogen and oxygen atoms in total. The second-order valence-electron chi connectivity index (χ2n) is 4.18. The second-order valence-corrected chi connectivity index (χ2v) is 4.18. The Balaban J connectivity index is 2.29. The lowest BCUT2D eigenvalue weighted by atomic mass is 9.98. The number of ether oxygens (including phenoxy) is 1. The molecule has 0 radical (unpaired) electrons. The van der Waals surface area contributed by atoms with E-state index < -0.39 is 17.7 Å². The van der Waals surface area contributed by atoms with Gasteiger partial charge in [-0.05, 0) is 25.3 Å². The molecule has 1 fully saturated rings. The number of halogens is 2. The molecule has 1 aromatic rings. The first kappa shape index (κ1) is 11.5. The van der Waals surface area contributed by atoms with Crippen LogP contribution in [0.3, 0.4) is 0 Å². The van der Waals surface area contributed by atoms with Crippen molar-refractivity contribution in [2.45, 2.75) is 31.9 Å². The van der Waals surface area contributed by atoms with E-state index in [9.17, 15) is 8.78 Å². The van der Waals surface area contributed by atoms with E-state index in [1.54, 1.807) is 12.1 Å². The van der Waals surface area contributed by atoms with Gasteiger partial charge < -0.3 is 10.5 Å². The van der Waals surface area contributed by atoms with Crippen LogP contribution in [0.1, 0.15) is 30.0 Å². The largest absolute Gasteiger partial charge is 0.376 e. The van der Waals surface area contributed by atoms with Gasteiger partial charge in [-0.3, -0.25) is 0 Å². The SMILES string of the molecule is Cc1ccc(C(N)C2CCCO2)c(F)c1F. The zero-order chi connectivity index (χ0) is 11.7. The molecule has 0 spiro atoms. The molecule has 1 heterocycles. The van der Waals surface area contributed by atoms with Crippen LogP contribution in [0.15, 0.2) is 12.1 Å².